The van der Waals surface area contributed by atoms with E-state index < -0.39 is 11.7 Å². The number of amidine groups is 1. The fourth-order valence-electron chi connectivity index (χ4n) is 2.41. The number of aliphatic hydroxyl groups excluding tert-OH is 1. The van der Waals surface area contributed by atoms with Gasteiger partial charge < -0.3 is 20.7 Å². The number of halogens is 1. The van der Waals surface area contributed by atoms with E-state index in [0.29, 0.717) is 40.0 Å². The fraction of sp³-hybridized carbons (Fsp3) is 0.250. The first-order chi connectivity index (χ1) is 14.2. The Kier molecular flexibility index (Phi) is 9.34. The van der Waals surface area contributed by atoms with Crippen molar-refractivity contribution >= 4 is 69.1 Å². The van der Waals surface area contributed by atoms with Crippen LogP contribution in [-0.2, 0) is 4.79 Å². The number of benzene rings is 1. The molecule has 160 valence electrons. The number of thiophene rings is 1. The van der Waals surface area contributed by atoms with Gasteiger partial charge in [-0.25, -0.2) is 4.99 Å². The number of nitrogens with two attached hydrogens (primary N) is 1. The van der Waals surface area contributed by atoms with Gasteiger partial charge in [0.25, 0.3) is 5.91 Å². The molecule has 1 heterocycles. The van der Waals surface area contributed by atoms with Crippen LogP contribution in [0.2, 0.25) is 0 Å². The summed E-state index contributed by atoms with van der Waals surface area (Å²) in [5.41, 5.74) is 5.99. The minimum atomic E-state index is -0.612. The lowest BCUT2D eigenvalue weighted by molar-refractivity contribution is -0.117. The summed E-state index contributed by atoms with van der Waals surface area (Å²) in [5, 5.41) is 23.5. The molecule has 6 N–H and O–H groups in total. The molecule has 0 aliphatic heterocycles. The third kappa shape index (κ3) is 6.56. The van der Waals surface area contributed by atoms with Gasteiger partial charge in [0.05, 0.1) is 15.5 Å². The van der Waals surface area contributed by atoms with Gasteiger partial charge in [0.1, 0.15) is 17.1 Å². The van der Waals surface area contributed by atoms with E-state index in [1.165, 1.54) is 11.3 Å². The predicted octanol–water partition coefficient (Wildman–Crippen LogP) is 4.95. The Morgan fingerprint density at radius 2 is 2.13 bits per heavy atom. The SMILES string of the molecule is CC(C)CCNC(=O)/C(C(N)=Nc1ccc(I)cc1SO)=C(/O)C(=N)c1cccs1. The molecule has 1 aromatic carbocycles. The molecule has 0 saturated heterocycles. The summed E-state index contributed by atoms with van der Waals surface area (Å²) >= 11 is 3.88. The van der Waals surface area contributed by atoms with Gasteiger partial charge in [-0.1, -0.05) is 19.9 Å². The average molecular weight is 558 g/mol. The highest BCUT2D eigenvalue weighted by Crippen LogP contribution is 2.30. The van der Waals surface area contributed by atoms with E-state index in [2.05, 4.69) is 32.9 Å². The summed E-state index contributed by atoms with van der Waals surface area (Å²) in [4.78, 5) is 18.1. The molecule has 0 aliphatic rings. The third-order valence-electron chi connectivity index (χ3n) is 3.99. The zero-order valence-electron chi connectivity index (χ0n) is 16.5. The Labute approximate surface area is 197 Å². The number of rotatable bonds is 9. The van der Waals surface area contributed by atoms with E-state index in [4.69, 9.17) is 11.1 Å². The van der Waals surface area contributed by atoms with E-state index in [9.17, 15) is 14.5 Å². The van der Waals surface area contributed by atoms with Crippen LogP contribution in [0.3, 0.4) is 0 Å². The van der Waals surface area contributed by atoms with Crippen molar-refractivity contribution in [1.29, 1.82) is 5.41 Å². The van der Waals surface area contributed by atoms with Crippen LogP contribution in [0, 0.1) is 14.9 Å². The molecule has 1 aromatic heterocycles. The van der Waals surface area contributed by atoms with Gasteiger partial charge in [0, 0.05) is 22.2 Å². The lowest BCUT2D eigenvalue weighted by Gasteiger charge is -2.13. The number of aliphatic hydroxyl groups is 1. The van der Waals surface area contributed by atoms with Crippen molar-refractivity contribution in [3.05, 3.63) is 55.5 Å². The quantitative estimate of drug-likeness (QED) is 0.0743. The minimum absolute atomic E-state index is 0.212. The molecule has 0 bridgehead atoms. The van der Waals surface area contributed by atoms with Crippen LogP contribution in [-0.4, -0.2) is 33.7 Å². The molecule has 0 radical (unpaired) electrons. The molecule has 2 aromatic rings. The zero-order valence-corrected chi connectivity index (χ0v) is 20.3. The molecule has 0 aliphatic carbocycles. The summed E-state index contributed by atoms with van der Waals surface area (Å²) in [7, 11) is 0. The number of hydrogen-bond acceptors (Lipinski definition) is 7. The van der Waals surface area contributed by atoms with E-state index in [0.717, 1.165) is 9.99 Å². The maximum Gasteiger partial charge on any atom is 0.258 e. The Hall–Kier alpha value is -1.89. The molecule has 0 atom stereocenters. The molecule has 1 amide bonds. The predicted molar refractivity (Wildman–Crippen MR) is 132 cm³/mol. The van der Waals surface area contributed by atoms with Gasteiger partial charge in [-0.05, 0) is 64.6 Å². The maximum atomic E-state index is 12.8. The Balaban J connectivity index is 2.48. The number of carbonyl (C=O) groups is 1. The first-order valence-electron chi connectivity index (χ1n) is 9.04. The highest BCUT2D eigenvalue weighted by Gasteiger charge is 2.23. The second-order valence-corrected chi connectivity index (χ2v) is 9.53. The van der Waals surface area contributed by atoms with Crippen molar-refractivity contribution in [1.82, 2.24) is 5.32 Å². The topological polar surface area (TPSA) is 132 Å². The van der Waals surface area contributed by atoms with Crippen molar-refractivity contribution in [3.8, 4) is 0 Å². The first kappa shape index (κ1) is 24.4. The Bertz CT molecular complexity index is 972. The van der Waals surface area contributed by atoms with Crippen molar-refractivity contribution in [2.45, 2.75) is 25.2 Å². The lowest BCUT2D eigenvalue weighted by atomic mass is 10.1. The summed E-state index contributed by atoms with van der Waals surface area (Å²) in [6.07, 6.45) is 0.752. The molecule has 2 rings (SSSR count). The molecule has 0 fully saturated rings. The van der Waals surface area contributed by atoms with Crippen LogP contribution >= 0.6 is 46.0 Å². The van der Waals surface area contributed by atoms with E-state index in [1.54, 1.807) is 35.7 Å². The maximum absolute atomic E-state index is 12.8. The average Bonchev–Trinajstić information content (AvgIpc) is 3.23. The summed E-state index contributed by atoms with van der Waals surface area (Å²) < 4.78 is 10.4. The van der Waals surface area contributed by atoms with Gasteiger partial charge in [0.15, 0.2) is 5.76 Å². The largest absolute Gasteiger partial charge is 0.505 e. The molecule has 10 heteroatoms. The number of nitrogens with zero attached hydrogens (tertiary/aromatic N) is 1. The number of amides is 1. The summed E-state index contributed by atoms with van der Waals surface area (Å²) in [6, 6.07) is 8.58. The third-order valence-corrected chi connectivity index (χ3v) is 6.07. The van der Waals surface area contributed by atoms with Crippen LogP contribution < -0.4 is 11.1 Å². The minimum Gasteiger partial charge on any atom is -0.505 e. The molecule has 0 spiro atoms. The van der Waals surface area contributed by atoms with Crippen molar-refractivity contribution < 1.29 is 14.5 Å². The molecule has 0 saturated carbocycles. The van der Waals surface area contributed by atoms with Gasteiger partial charge in [0.2, 0.25) is 0 Å². The summed E-state index contributed by atoms with van der Waals surface area (Å²) in [5.74, 6) is -1.02. The molecule has 7 nitrogen and oxygen atoms in total. The number of aliphatic imine (C=N–C) groups is 1. The smallest absolute Gasteiger partial charge is 0.258 e. The normalized spacial score (nSPS) is 12.6. The summed E-state index contributed by atoms with van der Waals surface area (Å²) in [6.45, 7) is 4.47. The second kappa shape index (κ2) is 11.5. The molecule has 0 unspecified atom stereocenters. The fourth-order valence-corrected chi connectivity index (χ4v) is 4.17. The van der Waals surface area contributed by atoms with Crippen molar-refractivity contribution in [2.75, 3.05) is 6.54 Å². The highest BCUT2D eigenvalue weighted by molar-refractivity contribution is 14.1. The zero-order chi connectivity index (χ0) is 22.3. The van der Waals surface area contributed by atoms with Crippen molar-refractivity contribution in [2.24, 2.45) is 16.6 Å². The van der Waals surface area contributed by atoms with Gasteiger partial charge in [-0.3, -0.25) is 10.2 Å². The van der Waals surface area contributed by atoms with Crippen molar-refractivity contribution in [3.63, 3.8) is 0 Å². The van der Waals surface area contributed by atoms with Crippen LogP contribution in [0.4, 0.5) is 5.69 Å². The second-order valence-electron chi connectivity index (χ2n) is 6.71. The molecular formula is C20H23IN4O3S2. The van der Waals surface area contributed by atoms with E-state index in [1.807, 2.05) is 13.8 Å². The van der Waals surface area contributed by atoms with Crippen LogP contribution in [0.25, 0.3) is 0 Å². The van der Waals surface area contributed by atoms with E-state index in [-0.39, 0.29) is 17.1 Å². The first-order valence-corrected chi connectivity index (χ1v) is 11.8. The standard InChI is InChI=1S/C20H23IN4O3S2/c1-11(2)7-8-24-20(27)16(18(26)17(22)14-4-3-9-29-14)19(23)25-13-6-5-12(21)10-15(13)30-28/h3-6,9-11,22,26,28H,7-8H2,1-2H3,(H2,23,25)(H,24,27)/b18-16+,22-17?. The Morgan fingerprint density at radius 3 is 2.73 bits per heavy atom. The number of carbonyl (C=O) groups excluding carboxylic acids is 1. The number of allylic oxidation sites excluding steroid dienone is 1. The van der Waals surface area contributed by atoms with Gasteiger partial charge >= 0.3 is 0 Å². The Morgan fingerprint density at radius 1 is 1.40 bits per heavy atom. The molecule has 30 heavy (non-hydrogen) atoms. The molecular weight excluding hydrogens is 535 g/mol. The van der Waals surface area contributed by atoms with Crippen LogP contribution in [0.5, 0.6) is 0 Å². The van der Waals surface area contributed by atoms with Gasteiger partial charge in [-0.15, -0.1) is 11.3 Å². The van der Waals surface area contributed by atoms with Crippen LogP contribution in [0.15, 0.2) is 56.9 Å². The van der Waals surface area contributed by atoms with Gasteiger partial charge in [-0.2, -0.15) is 0 Å². The number of nitrogens with one attached hydrogen (secondary N) is 2. The number of hydrogen-bond donors (Lipinski definition) is 5. The van der Waals surface area contributed by atoms with Crippen LogP contribution in [0.1, 0.15) is 25.1 Å². The highest BCUT2D eigenvalue weighted by atomic mass is 127. The lowest BCUT2D eigenvalue weighted by Crippen LogP contribution is -2.34. The van der Waals surface area contributed by atoms with E-state index >= 15 is 0 Å². The monoisotopic (exact) mass is 558 g/mol.